The van der Waals surface area contributed by atoms with Gasteiger partial charge in [-0.3, -0.25) is 0 Å². The van der Waals surface area contributed by atoms with E-state index >= 15 is 0 Å². The minimum absolute atomic E-state index is 0.253. The summed E-state index contributed by atoms with van der Waals surface area (Å²) in [5.41, 5.74) is 0.253. The van der Waals surface area contributed by atoms with Crippen LogP contribution in [0.1, 0.15) is 46.0 Å². The van der Waals surface area contributed by atoms with Gasteiger partial charge in [0, 0.05) is 13.0 Å². The molecule has 0 unspecified atom stereocenters. The van der Waals surface area contributed by atoms with Crippen molar-refractivity contribution < 1.29 is 0 Å². The largest absolute Gasteiger partial charge is 0.316 e. The van der Waals surface area contributed by atoms with Gasteiger partial charge in [-0.25, -0.2) is 0 Å². The molecular formula is C14H27N3. The van der Waals surface area contributed by atoms with Crippen molar-refractivity contribution in [2.75, 3.05) is 32.7 Å². The topological polar surface area (TPSA) is 39.1 Å². The van der Waals surface area contributed by atoms with E-state index in [4.69, 9.17) is 5.26 Å². The van der Waals surface area contributed by atoms with Crippen LogP contribution in [-0.2, 0) is 0 Å². The highest BCUT2D eigenvalue weighted by Gasteiger charge is 2.16. The molecule has 1 aliphatic heterocycles. The summed E-state index contributed by atoms with van der Waals surface area (Å²) in [5.74, 6) is 0. The Bertz CT molecular complexity index is 236. The molecule has 1 N–H and O–H groups in total. The maximum atomic E-state index is 8.58. The van der Waals surface area contributed by atoms with E-state index in [2.05, 4.69) is 30.1 Å². The van der Waals surface area contributed by atoms with Crippen LogP contribution in [0, 0.1) is 16.7 Å². The van der Waals surface area contributed by atoms with Crippen LogP contribution in [0.5, 0.6) is 0 Å². The Morgan fingerprint density at radius 1 is 1.29 bits per heavy atom. The molecule has 0 atom stereocenters. The number of nitrogens with zero attached hydrogens (tertiary/aromatic N) is 2. The maximum Gasteiger partial charge on any atom is 0.0621 e. The van der Waals surface area contributed by atoms with Gasteiger partial charge in [-0.2, -0.15) is 5.26 Å². The number of hydrogen-bond acceptors (Lipinski definition) is 3. The summed E-state index contributed by atoms with van der Waals surface area (Å²) in [6.07, 6.45) is 5.67. The van der Waals surface area contributed by atoms with Crippen molar-refractivity contribution in [3.05, 3.63) is 0 Å². The summed E-state index contributed by atoms with van der Waals surface area (Å²) >= 11 is 0. The molecule has 3 nitrogen and oxygen atoms in total. The predicted molar refractivity (Wildman–Crippen MR) is 71.8 cm³/mol. The van der Waals surface area contributed by atoms with E-state index in [1.807, 2.05) is 0 Å². The number of nitrogens with one attached hydrogen (secondary N) is 1. The van der Waals surface area contributed by atoms with Crippen molar-refractivity contribution in [1.29, 1.82) is 5.26 Å². The van der Waals surface area contributed by atoms with E-state index in [0.29, 0.717) is 6.42 Å². The fourth-order valence-electron chi connectivity index (χ4n) is 2.34. The summed E-state index contributed by atoms with van der Waals surface area (Å²) in [4.78, 5) is 2.56. The van der Waals surface area contributed by atoms with Crippen molar-refractivity contribution in [2.24, 2.45) is 5.41 Å². The molecule has 1 rings (SSSR count). The molecule has 98 valence electrons. The number of hydrogen-bond donors (Lipinski definition) is 1. The van der Waals surface area contributed by atoms with E-state index in [1.165, 1.54) is 38.9 Å². The lowest BCUT2D eigenvalue weighted by Crippen LogP contribution is -2.31. The Morgan fingerprint density at radius 3 is 2.65 bits per heavy atom. The quantitative estimate of drug-likeness (QED) is 0.659. The first-order valence-electron chi connectivity index (χ1n) is 6.94. The normalized spacial score (nSPS) is 17.2. The van der Waals surface area contributed by atoms with Crippen LogP contribution >= 0.6 is 0 Å². The maximum absolute atomic E-state index is 8.58. The van der Waals surface area contributed by atoms with Crippen molar-refractivity contribution in [2.45, 2.75) is 46.0 Å². The Hall–Kier alpha value is -0.590. The monoisotopic (exact) mass is 237 g/mol. The third kappa shape index (κ3) is 6.65. The Labute approximate surface area is 106 Å². The lowest BCUT2D eigenvalue weighted by atomic mass is 9.88. The van der Waals surface area contributed by atoms with E-state index in [9.17, 15) is 0 Å². The first kappa shape index (κ1) is 14.5. The van der Waals surface area contributed by atoms with Crippen LogP contribution < -0.4 is 5.32 Å². The van der Waals surface area contributed by atoms with Crippen molar-refractivity contribution >= 4 is 0 Å². The molecule has 3 heteroatoms. The molecular weight excluding hydrogens is 210 g/mol. The van der Waals surface area contributed by atoms with E-state index in [0.717, 1.165) is 19.5 Å². The van der Waals surface area contributed by atoms with Crippen LogP contribution in [0.15, 0.2) is 0 Å². The molecule has 0 aliphatic carbocycles. The SMILES string of the molecule is CC(C)(CCC#N)CNCCCN1CCCC1. The first-order valence-corrected chi connectivity index (χ1v) is 6.94. The lowest BCUT2D eigenvalue weighted by molar-refractivity contribution is 0.301. The minimum atomic E-state index is 0.253. The first-order chi connectivity index (χ1) is 8.14. The highest BCUT2D eigenvalue weighted by atomic mass is 15.1. The molecule has 0 spiro atoms. The van der Waals surface area contributed by atoms with Crippen molar-refractivity contribution in [3.8, 4) is 6.07 Å². The van der Waals surface area contributed by atoms with E-state index in [1.54, 1.807) is 0 Å². The summed E-state index contributed by atoms with van der Waals surface area (Å²) < 4.78 is 0. The molecule has 0 aromatic heterocycles. The Morgan fingerprint density at radius 2 is 2.00 bits per heavy atom. The van der Waals surface area contributed by atoms with Gasteiger partial charge in [-0.15, -0.1) is 0 Å². The third-order valence-corrected chi connectivity index (χ3v) is 3.54. The molecule has 1 saturated heterocycles. The van der Waals surface area contributed by atoms with Crippen LogP contribution in [0.25, 0.3) is 0 Å². The molecule has 0 radical (unpaired) electrons. The average Bonchev–Trinajstić information content (AvgIpc) is 2.79. The second kappa shape index (κ2) is 7.68. The lowest BCUT2D eigenvalue weighted by Gasteiger charge is -2.24. The standard InChI is InChI=1S/C14H27N3/c1-14(2,7-5-8-15)13-16-9-6-12-17-10-3-4-11-17/h16H,3-7,9-13H2,1-2H3. The van der Waals surface area contributed by atoms with Crippen LogP contribution in [0.4, 0.5) is 0 Å². The average molecular weight is 237 g/mol. The number of nitriles is 1. The van der Waals surface area contributed by atoms with Crippen LogP contribution in [-0.4, -0.2) is 37.6 Å². The van der Waals surface area contributed by atoms with Gasteiger partial charge in [0.1, 0.15) is 0 Å². The molecule has 0 aromatic carbocycles. The molecule has 0 amide bonds. The molecule has 17 heavy (non-hydrogen) atoms. The molecule has 1 aliphatic rings. The van der Waals surface area contributed by atoms with Gasteiger partial charge in [-0.05, 0) is 57.3 Å². The second-order valence-corrected chi connectivity index (χ2v) is 5.90. The molecule has 1 heterocycles. The predicted octanol–water partition coefficient (Wildman–Crippen LogP) is 2.39. The van der Waals surface area contributed by atoms with Gasteiger partial charge in [0.15, 0.2) is 0 Å². The number of likely N-dealkylation sites (tertiary alicyclic amines) is 1. The summed E-state index contributed by atoms with van der Waals surface area (Å²) in [6.45, 7) is 10.4. The summed E-state index contributed by atoms with van der Waals surface area (Å²) in [5, 5.41) is 12.1. The van der Waals surface area contributed by atoms with Gasteiger partial charge in [0.05, 0.1) is 6.07 Å². The van der Waals surface area contributed by atoms with Crippen LogP contribution in [0.3, 0.4) is 0 Å². The number of rotatable bonds is 8. The summed E-state index contributed by atoms with van der Waals surface area (Å²) in [6, 6.07) is 2.23. The third-order valence-electron chi connectivity index (χ3n) is 3.54. The highest BCUT2D eigenvalue weighted by molar-refractivity contribution is 4.78. The zero-order valence-corrected chi connectivity index (χ0v) is 11.5. The zero-order chi connectivity index (χ0) is 12.6. The van der Waals surface area contributed by atoms with Crippen molar-refractivity contribution in [3.63, 3.8) is 0 Å². The minimum Gasteiger partial charge on any atom is -0.316 e. The molecule has 0 aromatic rings. The zero-order valence-electron chi connectivity index (χ0n) is 11.5. The molecule has 1 fully saturated rings. The van der Waals surface area contributed by atoms with Gasteiger partial charge >= 0.3 is 0 Å². The Balaban J connectivity index is 1.97. The summed E-state index contributed by atoms with van der Waals surface area (Å²) in [7, 11) is 0. The fraction of sp³-hybridized carbons (Fsp3) is 0.929. The second-order valence-electron chi connectivity index (χ2n) is 5.90. The highest BCUT2D eigenvalue weighted by Crippen LogP contribution is 2.20. The molecule has 0 saturated carbocycles. The van der Waals surface area contributed by atoms with Gasteiger partial charge in [0.25, 0.3) is 0 Å². The molecule has 0 bridgehead atoms. The van der Waals surface area contributed by atoms with Crippen LogP contribution in [0.2, 0.25) is 0 Å². The van der Waals surface area contributed by atoms with Gasteiger partial charge < -0.3 is 10.2 Å². The van der Waals surface area contributed by atoms with E-state index < -0.39 is 0 Å². The van der Waals surface area contributed by atoms with Crippen molar-refractivity contribution in [1.82, 2.24) is 10.2 Å². The van der Waals surface area contributed by atoms with E-state index in [-0.39, 0.29) is 5.41 Å². The fourth-order valence-corrected chi connectivity index (χ4v) is 2.34. The smallest absolute Gasteiger partial charge is 0.0621 e. The Kier molecular flexibility index (Phi) is 6.54. The van der Waals surface area contributed by atoms with Gasteiger partial charge in [0.2, 0.25) is 0 Å². The van der Waals surface area contributed by atoms with Gasteiger partial charge in [-0.1, -0.05) is 13.8 Å².